The van der Waals surface area contributed by atoms with Crippen LogP contribution in [0.3, 0.4) is 0 Å². The van der Waals surface area contributed by atoms with Gasteiger partial charge in [0.05, 0.1) is 17.7 Å². The Kier molecular flexibility index (Phi) is 4.61. The first-order valence-electron chi connectivity index (χ1n) is 9.88. The molecule has 0 aromatic heterocycles. The predicted molar refractivity (Wildman–Crippen MR) is 110 cm³/mol. The molecule has 146 valence electrons. The highest BCUT2D eigenvalue weighted by molar-refractivity contribution is 6.02. The minimum atomic E-state index is -0.417. The molecule has 0 bridgehead atoms. The van der Waals surface area contributed by atoms with Crippen molar-refractivity contribution in [1.29, 1.82) is 0 Å². The molecule has 0 aliphatic carbocycles. The van der Waals surface area contributed by atoms with E-state index in [9.17, 15) is 9.59 Å². The number of rotatable bonds is 2. The third-order valence-corrected chi connectivity index (χ3v) is 6.17. The first-order chi connectivity index (χ1) is 13.4. The summed E-state index contributed by atoms with van der Waals surface area (Å²) in [5, 5.41) is 3.23. The van der Waals surface area contributed by atoms with Gasteiger partial charge < -0.3 is 15.1 Å². The summed E-state index contributed by atoms with van der Waals surface area (Å²) < 4.78 is 0. The molecule has 4 rings (SSSR count). The third-order valence-electron chi connectivity index (χ3n) is 6.17. The number of hydrogen-bond donors (Lipinski definition) is 1. The van der Waals surface area contributed by atoms with Gasteiger partial charge in [0.1, 0.15) is 5.66 Å². The highest BCUT2D eigenvalue weighted by atomic mass is 16.2. The maximum atomic E-state index is 12.7. The van der Waals surface area contributed by atoms with E-state index in [0.29, 0.717) is 19.5 Å². The van der Waals surface area contributed by atoms with Crippen molar-refractivity contribution in [2.45, 2.75) is 38.8 Å². The number of nitrogens with one attached hydrogen (secondary N) is 1. The predicted octanol–water partition coefficient (Wildman–Crippen LogP) is 3.04. The Morgan fingerprint density at radius 3 is 2.36 bits per heavy atom. The van der Waals surface area contributed by atoms with Gasteiger partial charge >= 0.3 is 0 Å². The number of benzene rings is 2. The van der Waals surface area contributed by atoms with E-state index >= 15 is 0 Å². The highest BCUT2D eigenvalue weighted by Gasteiger charge is 2.44. The summed E-state index contributed by atoms with van der Waals surface area (Å²) in [5.74, 6) is 0.135. The lowest BCUT2D eigenvalue weighted by Crippen LogP contribution is -2.67. The fraction of sp³-hybridized carbons (Fsp3) is 0.391. The molecule has 2 aromatic carbocycles. The van der Waals surface area contributed by atoms with Crippen molar-refractivity contribution in [1.82, 2.24) is 10.2 Å². The maximum Gasteiger partial charge on any atom is 0.255 e. The molecule has 0 radical (unpaired) electrons. The van der Waals surface area contributed by atoms with Gasteiger partial charge in [-0.2, -0.15) is 0 Å². The quantitative estimate of drug-likeness (QED) is 0.875. The fourth-order valence-corrected chi connectivity index (χ4v) is 4.30. The molecule has 1 fully saturated rings. The SMILES string of the molecule is Cc1ccc(CC(=O)N2CCC3(CC2)NC(=O)c2cc(C)ccc2N3C)cc1. The highest BCUT2D eigenvalue weighted by Crippen LogP contribution is 2.36. The summed E-state index contributed by atoms with van der Waals surface area (Å²) in [4.78, 5) is 29.6. The second kappa shape index (κ2) is 6.97. The van der Waals surface area contributed by atoms with Gasteiger partial charge in [0, 0.05) is 33.0 Å². The van der Waals surface area contributed by atoms with E-state index in [0.717, 1.165) is 35.2 Å². The van der Waals surface area contributed by atoms with Gasteiger partial charge in [-0.3, -0.25) is 9.59 Å². The summed E-state index contributed by atoms with van der Waals surface area (Å²) in [6.07, 6.45) is 1.88. The molecule has 2 amide bonds. The topological polar surface area (TPSA) is 52.7 Å². The third kappa shape index (κ3) is 3.26. The Morgan fingerprint density at radius 2 is 1.68 bits per heavy atom. The number of carbonyl (C=O) groups excluding carboxylic acids is 2. The molecular formula is C23H27N3O2. The normalized spacial score (nSPS) is 18.0. The lowest BCUT2D eigenvalue weighted by molar-refractivity contribution is -0.132. The van der Waals surface area contributed by atoms with Crippen molar-refractivity contribution in [2.75, 3.05) is 25.0 Å². The zero-order valence-electron chi connectivity index (χ0n) is 16.8. The van der Waals surface area contributed by atoms with Gasteiger partial charge in [-0.25, -0.2) is 0 Å². The molecule has 2 heterocycles. The van der Waals surface area contributed by atoms with Crippen molar-refractivity contribution in [3.63, 3.8) is 0 Å². The van der Waals surface area contributed by atoms with Gasteiger partial charge in [0.2, 0.25) is 5.91 Å². The molecule has 5 heteroatoms. The van der Waals surface area contributed by atoms with Crippen molar-refractivity contribution in [3.05, 3.63) is 64.7 Å². The van der Waals surface area contributed by atoms with E-state index in [1.165, 1.54) is 5.56 Å². The van der Waals surface area contributed by atoms with E-state index in [1.807, 2.05) is 68.3 Å². The minimum Gasteiger partial charge on any atom is -0.351 e. The fourth-order valence-electron chi connectivity index (χ4n) is 4.30. The van der Waals surface area contributed by atoms with Crippen molar-refractivity contribution in [3.8, 4) is 0 Å². The van der Waals surface area contributed by atoms with E-state index in [1.54, 1.807) is 0 Å². The molecule has 0 atom stereocenters. The number of fused-ring (bicyclic) bond motifs is 1. The van der Waals surface area contributed by atoms with Crippen LogP contribution in [-0.2, 0) is 11.2 Å². The molecule has 28 heavy (non-hydrogen) atoms. The largest absolute Gasteiger partial charge is 0.351 e. The number of carbonyl (C=O) groups is 2. The van der Waals surface area contributed by atoms with Gasteiger partial charge in [-0.15, -0.1) is 0 Å². The van der Waals surface area contributed by atoms with Crippen molar-refractivity contribution < 1.29 is 9.59 Å². The number of likely N-dealkylation sites (tertiary alicyclic amines) is 1. The monoisotopic (exact) mass is 377 g/mol. The molecule has 0 unspecified atom stereocenters. The second-order valence-corrected chi connectivity index (χ2v) is 8.11. The van der Waals surface area contributed by atoms with Crippen LogP contribution in [0.25, 0.3) is 0 Å². The standard InChI is InChI=1S/C23H27N3O2/c1-16-4-7-18(8-5-16)15-21(27)26-12-10-23(11-13-26)24-22(28)19-14-17(2)6-9-20(19)25(23)3/h4-9,14H,10-13,15H2,1-3H3,(H,24,28). The zero-order valence-corrected chi connectivity index (χ0v) is 16.8. The van der Waals surface area contributed by atoms with Gasteiger partial charge in [0.15, 0.2) is 0 Å². The zero-order chi connectivity index (χ0) is 19.9. The Bertz CT molecular complexity index is 912. The lowest BCUT2D eigenvalue weighted by atomic mass is 9.90. The molecule has 1 N–H and O–H groups in total. The molecule has 2 aliphatic heterocycles. The van der Waals surface area contributed by atoms with E-state index in [2.05, 4.69) is 10.2 Å². The summed E-state index contributed by atoms with van der Waals surface area (Å²) >= 11 is 0. The van der Waals surface area contributed by atoms with Crippen molar-refractivity contribution >= 4 is 17.5 Å². The molecule has 2 aliphatic rings. The summed E-state index contributed by atoms with van der Waals surface area (Å²) in [6.45, 7) is 5.34. The van der Waals surface area contributed by atoms with Gasteiger partial charge in [-0.1, -0.05) is 41.5 Å². The summed E-state index contributed by atoms with van der Waals surface area (Å²) in [7, 11) is 2.04. The number of anilines is 1. The summed E-state index contributed by atoms with van der Waals surface area (Å²) in [5.41, 5.74) is 4.60. The molecule has 1 saturated heterocycles. The van der Waals surface area contributed by atoms with Gasteiger partial charge in [-0.05, 0) is 31.5 Å². The van der Waals surface area contributed by atoms with Crippen molar-refractivity contribution in [2.24, 2.45) is 0 Å². The van der Waals surface area contributed by atoms with Gasteiger partial charge in [0.25, 0.3) is 5.91 Å². The number of nitrogens with zero attached hydrogens (tertiary/aromatic N) is 2. The van der Waals surface area contributed by atoms with Crippen LogP contribution in [0.2, 0.25) is 0 Å². The van der Waals surface area contributed by atoms with Crippen LogP contribution in [-0.4, -0.2) is 42.5 Å². The van der Waals surface area contributed by atoms with Crippen LogP contribution < -0.4 is 10.2 Å². The molecule has 0 saturated carbocycles. The molecule has 5 nitrogen and oxygen atoms in total. The number of aryl methyl sites for hydroxylation is 2. The Balaban J connectivity index is 1.46. The summed E-state index contributed by atoms with van der Waals surface area (Å²) in [6, 6.07) is 14.1. The average molecular weight is 377 g/mol. The molecular weight excluding hydrogens is 350 g/mol. The molecule has 2 aromatic rings. The maximum absolute atomic E-state index is 12.7. The van der Waals surface area contributed by atoms with Crippen LogP contribution >= 0.6 is 0 Å². The lowest BCUT2D eigenvalue weighted by Gasteiger charge is -2.51. The molecule has 1 spiro atoms. The first-order valence-corrected chi connectivity index (χ1v) is 9.88. The smallest absolute Gasteiger partial charge is 0.255 e. The van der Waals surface area contributed by atoms with Crippen LogP contribution in [0.5, 0.6) is 0 Å². The first kappa shape index (κ1) is 18.5. The Hall–Kier alpha value is -2.82. The Morgan fingerprint density at radius 1 is 1.04 bits per heavy atom. The minimum absolute atomic E-state index is 0.0174. The van der Waals surface area contributed by atoms with Crippen LogP contribution in [0.15, 0.2) is 42.5 Å². The van der Waals surface area contributed by atoms with E-state index in [4.69, 9.17) is 0 Å². The van der Waals surface area contributed by atoms with E-state index in [-0.39, 0.29) is 11.8 Å². The number of piperidine rings is 1. The Labute approximate surface area is 166 Å². The number of amides is 2. The van der Waals surface area contributed by atoms with E-state index < -0.39 is 5.66 Å². The van der Waals surface area contributed by atoms with Crippen LogP contribution in [0.4, 0.5) is 5.69 Å². The average Bonchev–Trinajstić information content (AvgIpc) is 2.68. The van der Waals surface area contributed by atoms with Crippen LogP contribution in [0, 0.1) is 13.8 Å². The second-order valence-electron chi connectivity index (χ2n) is 8.11. The van der Waals surface area contributed by atoms with Crippen LogP contribution in [0.1, 0.15) is 39.9 Å². The number of hydrogen-bond acceptors (Lipinski definition) is 3.